The number of rotatable bonds is 9. The monoisotopic (exact) mass is 631 g/mol. The SMILES string of the molecule is COCOc1ccc(F)cc1C(C(=O)Nc1nccs1)N1Cc2ccc(-c3ccc(OC(=O)N4CCNCC4)cc3)cc2C1=O. The van der Waals surface area contributed by atoms with Gasteiger partial charge in [-0.05, 0) is 53.1 Å². The third kappa shape index (κ3) is 6.65. The lowest BCUT2D eigenvalue weighted by Gasteiger charge is -2.28. The first-order chi connectivity index (χ1) is 21.9. The quantitative estimate of drug-likeness (QED) is 0.256. The van der Waals surface area contributed by atoms with Crippen molar-refractivity contribution in [2.45, 2.75) is 12.6 Å². The van der Waals surface area contributed by atoms with Gasteiger partial charge >= 0.3 is 6.09 Å². The molecule has 4 aromatic rings. The highest BCUT2D eigenvalue weighted by Gasteiger charge is 2.39. The van der Waals surface area contributed by atoms with E-state index < -0.39 is 29.8 Å². The van der Waals surface area contributed by atoms with Gasteiger partial charge in [-0.25, -0.2) is 14.2 Å². The van der Waals surface area contributed by atoms with Crippen LogP contribution in [0.5, 0.6) is 11.5 Å². The Morgan fingerprint density at radius 1 is 1.07 bits per heavy atom. The van der Waals surface area contributed by atoms with E-state index in [1.165, 1.54) is 41.5 Å². The molecule has 1 fully saturated rings. The fraction of sp³-hybridized carbons (Fsp3) is 0.250. The van der Waals surface area contributed by atoms with Crippen molar-refractivity contribution in [3.8, 4) is 22.6 Å². The molecule has 1 saturated heterocycles. The largest absolute Gasteiger partial charge is 0.467 e. The van der Waals surface area contributed by atoms with Gasteiger partial charge in [-0.2, -0.15) is 0 Å². The number of halogens is 1. The van der Waals surface area contributed by atoms with Gasteiger partial charge in [0, 0.05) is 62.5 Å². The van der Waals surface area contributed by atoms with Gasteiger partial charge in [0.05, 0.1) is 0 Å². The van der Waals surface area contributed by atoms with E-state index in [4.69, 9.17) is 14.2 Å². The van der Waals surface area contributed by atoms with E-state index in [0.717, 1.165) is 24.2 Å². The molecule has 6 rings (SSSR count). The maximum absolute atomic E-state index is 14.6. The van der Waals surface area contributed by atoms with Gasteiger partial charge in [0.25, 0.3) is 11.8 Å². The van der Waals surface area contributed by atoms with Crippen LogP contribution in [0.3, 0.4) is 0 Å². The third-order valence-corrected chi connectivity index (χ3v) is 8.22. The zero-order valence-corrected chi connectivity index (χ0v) is 25.1. The Hall–Kier alpha value is -4.85. The van der Waals surface area contributed by atoms with E-state index in [2.05, 4.69) is 15.6 Å². The van der Waals surface area contributed by atoms with Gasteiger partial charge in [-0.3, -0.25) is 14.9 Å². The fourth-order valence-electron chi connectivity index (χ4n) is 5.34. The summed E-state index contributed by atoms with van der Waals surface area (Å²) in [4.78, 5) is 47.3. The molecular formula is C32H30FN5O6S. The van der Waals surface area contributed by atoms with Crippen LogP contribution in [0.2, 0.25) is 0 Å². The molecule has 3 amide bonds. The van der Waals surface area contributed by atoms with Crippen molar-refractivity contribution in [2.75, 3.05) is 45.4 Å². The molecule has 2 aliphatic heterocycles. The van der Waals surface area contributed by atoms with Gasteiger partial charge in [0.2, 0.25) is 0 Å². The fourth-order valence-corrected chi connectivity index (χ4v) is 5.87. The van der Waals surface area contributed by atoms with Crippen LogP contribution in [0.15, 0.2) is 72.2 Å². The number of benzene rings is 3. The van der Waals surface area contributed by atoms with Crippen molar-refractivity contribution in [1.29, 1.82) is 0 Å². The van der Waals surface area contributed by atoms with Crippen molar-refractivity contribution >= 4 is 34.4 Å². The number of amides is 3. The molecule has 2 N–H and O–H groups in total. The van der Waals surface area contributed by atoms with E-state index in [0.29, 0.717) is 35.1 Å². The summed E-state index contributed by atoms with van der Waals surface area (Å²) < 4.78 is 30.8. The van der Waals surface area contributed by atoms with Crippen LogP contribution in [0.25, 0.3) is 11.1 Å². The molecular weight excluding hydrogens is 601 g/mol. The van der Waals surface area contributed by atoms with Gasteiger partial charge in [0.1, 0.15) is 23.4 Å². The lowest BCUT2D eigenvalue weighted by molar-refractivity contribution is -0.121. The van der Waals surface area contributed by atoms with Crippen molar-refractivity contribution in [2.24, 2.45) is 0 Å². The number of nitrogens with zero attached hydrogens (tertiary/aromatic N) is 3. The highest BCUT2D eigenvalue weighted by Crippen LogP contribution is 2.38. The third-order valence-electron chi connectivity index (χ3n) is 7.53. The Bertz CT molecular complexity index is 1690. The molecule has 45 heavy (non-hydrogen) atoms. The smallest absolute Gasteiger partial charge is 0.415 e. The van der Waals surface area contributed by atoms with Crippen LogP contribution in [0.1, 0.15) is 27.5 Å². The van der Waals surface area contributed by atoms with Crippen LogP contribution >= 0.6 is 11.3 Å². The maximum atomic E-state index is 14.6. The number of hydrogen-bond acceptors (Lipinski definition) is 9. The number of carbonyl (C=O) groups excluding carboxylic acids is 3. The predicted octanol–water partition coefficient (Wildman–Crippen LogP) is 4.67. The Morgan fingerprint density at radius 2 is 1.84 bits per heavy atom. The van der Waals surface area contributed by atoms with Gasteiger partial charge < -0.3 is 29.3 Å². The topological polar surface area (TPSA) is 122 Å². The van der Waals surface area contributed by atoms with Crippen molar-refractivity contribution < 1.29 is 33.0 Å². The molecule has 232 valence electrons. The molecule has 1 atom stereocenters. The number of nitrogens with one attached hydrogen (secondary N) is 2. The zero-order valence-electron chi connectivity index (χ0n) is 24.3. The summed E-state index contributed by atoms with van der Waals surface area (Å²) in [5.41, 5.74) is 2.89. The molecule has 1 aromatic heterocycles. The molecule has 3 heterocycles. The number of hydrogen-bond donors (Lipinski definition) is 2. The minimum Gasteiger partial charge on any atom is -0.467 e. The summed E-state index contributed by atoms with van der Waals surface area (Å²) in [5.74, 6) is -0.920. The average Bonchev–Trinajstić information content (AvgIpc) is 3.69. The van der Waals surface area contributed by atoms with Crippen LogP contribution in [-0.4, -0.2) is 72.8 Å². The minimum absolute atomic E-state index is 0.117. The van der Waals surface area contributed by atoms with Crippen LogP contribution in [0.4, 0.5) is 14.3 Å². The Kier molecular flexibility index (Phi) is 9.01. The summed E-state index contributed by atoms with van der Waals surface area (Å²) in [6, 6.07) is 15.1. The average molecular weight is 632 g/mol. The van der Waals surface area contributed by atoms with Gasteiger partial charge in [0.15, 0.2) is 11.9 Å². The number of aromatic nitrogens is 1. The molecule has 0 saturated carbocycles. The first kappa shape index (κ1) is 30.2. The Balaban J connectivity index is 1.26. The second kappa shape index (κ2) is 13.4. The van der Waals surface area contributed by atoms with Crippen molar-refractivity contribution in [1.82, 2.24) is 20.1 Å². The minimum atomic E-state index is -1.23. The number of carbonyl (C=O) groups is 3. The molecule has 0 aliphatic carbocycles. The lowest BCUT2D eigenvalue weighted by Crippen LogP contribution is -2.47. The first-order valence-electron chi connectivity index (χ1n) is 14.2. The zero-order chi connectivity index (χ0) is 31.3. The molecule has 0 radical (unpaired) electrons. The molecule has 0 bridgehead atoms. The van der Waals surface area contributed by atoms with E-state index in [1.807, 2.05) is 24.3 Å². The Morgan fingerprint density at radius 3 is 2.58 bits per heavy atom. The van der Waals surface area contributed by atoms with Crippen molar-refractivity contribution in [3.63, 3.8) is 0 Å². The summed E-state index contributed by atoms with van der Waals surface area (Å²) in [6.07, 6.45) is 1.15. The number of anilines is 1. The number of piperazine rings is 1. The normalized spacial score (nSPS) is 15.0. The van der Waals surface area contributed by atoms with Gasteiger partial charge in [-0.1, -0.05) is 24.3 Å². The second-order valence-corrected chi connectivity index (χ2v) is 11.3. The first-order valence-corrected chi connectivity index (χ1v) is 15.1. The summed E-state index contributed by atoms with van der Waals surface area (Å²) in [5, 5.41) is 8.00. The molecule has 1 unspecified atom stereocenters. The summed E-state index contributed by atoms with van der Waals surface area (Å²) in [6.45, 7) is 2.61. The lowest BCUT2D eigenvalue weighted by atomic mass is 10.0. The summed E-state index contributed by atoms with van der Waals surface area (Å²) >= 11 is 1.22. The highest BCUT2D eigenvalue weighted by molar-refractivity contribution is 7.13. The molecule has 11 nitrogen and oxygen atoms in total. The molecule has 13 heteroatoms. The number of thiazole rings is 1. The highest BCUT2D eigenvalue weighted by atomic mass is 32.1. The molecule has 0 spiro atoms. The summed E-state index contributed by atoms with van der Waals surface area (Å²) in [7, 11) is 1.45. The van der Waals surface area contributed by atoms with Crippen LogP contribution in [0, 0.1) is 5.82 Å². The number of fused-ring (bicyclic) bond motifs is 1. The standard InChI is InChI=1S/C32H30FN5O6S/c1-42-19-43-27-9-6-23(33)17-26(27)28(29(39)36-31-35-12-15-45-31)38-18-22-3-2-21(16-25(22)30(38)40)20-4-7-24(8-5-20)44-32(41)37-13-10-34-11-14-37/h2-9,12,15-17,28,34H,10-11,13-14,18-19H2,1H3,(H,35,36,39). The van der Waals surface area contributed by atoms with E-state index in [9.17, 15) is 18.8 Å². The maximum Gasteiger partial charge on any atom is 0.415 e. The second-order valence-electron chi connectivity index (χ2n) is 10.4. The number of ether oxygens (including phenoxy) is 3. The van der Waals surface area contributed by atoms with Crippen LogP contribution < -0.4 is 20.1 Å². The molecule has 2 aliphatic rings. The predicted molar refractivity (Wildman–Crippen MR) is 165 cm³/mol. The van der Waals surface area contributed by atoms with Crippen molar-refractivity contribution in [3.05, 3.63) is 94.7 Å². The van der Waals surface area contributed by atoms with E-state index in [1.54, 1.807) is 34.7 Å². The van der Waals surface area contributed by atoms with E-state index in [-0.39, 0.29) is 24.7 Å². The van der Waals surface area contributed by atoms with Gasteiger partial charge in [-0.15, -0.1) is 11.3 Å². The number of methoxy groups -OCH3 is 1. The van der Waals surface area contributed by atoms with E-state index >= 15 is 0 Å². The molecule has 3 aromatic carbocycles. The Labute approximate surface area is 262 Å². The van der Waals surface area contributed by atoms with Crippen LogP contribution in [-0.2, 0) is 16.1 Å².